The minimum atomic E-state index is -0.272. The van der Waals surface area contributed by atoms with E-state index in [0.717, 1.165) is 22.2 Å². The van der Waals surface area contributed by atoms with Gasteiger partial charge in [0.2, 0.25) is 5.91 Å². The van der Waals surface area contributed by atoms with Gasteiger partial charge in [-0.15, -0.1) is 0 Å². The maximum absolute atomic E-state index is 12.9. The van der Waals surface area contributed by atoms with Crippen molar-refractivity contribution in [3.63, 3.8) is 0 Å². The number of nitrogens with zero attached hydrogens (tertiary/aromatic N) is 1. The molecule has 1 N–H and O–H groups in total. The number of nitrogens with one attached hydrogen (secondary N) is 1. The molecule has 4 rings (SSSR count). The van der Waals surface area contributed by atoms with E-state index in [2.05, 4.69) is 50.7 Å². The molecule has 1 amide bonds. The normalized spacial score (nSPS) is 17.8. The van der Waals surface area contributed by atoms with E-state index < -0.39 is 0 Å². The van der Waals surface area contributed by atoms with Gasteiger partial charge in [0.1, 0.15) is 0 Å². The van der Waals surface area contributed by atoms with E-state index in [1.807, 2.05) is 67.6 Å². The van der Waals surface area contributed by atoms with Crippen LogP contribution in [0, 0.1) is 5.92 Å². The summed E-state index contributed by atoms with van der Waals surface area (Å²) in [6, 6.07) is 28.4. The van der Waals surface area contributed by atoms with Crippen molar-refractivity contribution in [2.24, 2.45) is 11.0 Å². The fourth-order valence-corrected chi connectivity index (χ4v) is 4.25. The van der Waals surface area contributed by atoms with Crippen LogP contribution in [0.1, 0.15) is 30.0 Å². The van der Waals surface area contributed by atoms with Gasteiger partial charge in [-0.1, -0.05) is 88.7 Å². The molecule has 0 aromatic heterocycles. The summed E-state index contributed by atoms with van der Waals surface area (Å²) in [5, 5.41) is 4.35. The van der Waals surface area contributed by atoms with Gasteiger partial charge < -0.3 is 0 Å². The summed E-state index contributed by atoms with van der Waals surface area (Å²) in [7, 11) is 0. The number of amides is 1. The summed E-state index contributed by atoms with van der Waals surface area (Å²) in [6.07, 6.45) is 0.790. The van der Waals surface area contributed by atoms with Crippen molar-refractivity contribution >= 4 is 27.5 Å². The van der Waals surface area contributed by atoms with Crippen LogP contribution in [0.3, 0.4) is 0 Å². The van der Waals surface area contributed by atoms with Gasteiger partial charge in [0, 0.05) is 9.89 Å². The second-order valence-corrected chi connectivity index (χ2v) is 8.06. The molecule has 3 aromatic carbocycles. The molecule has 1 atom stereocenters. The highest BCUT2D eigenvalue weighted by Gasteiger charge is 2.60. The van der Waals surface area contributed by atoms with Crippen LogP contribution in [0.5, 0.6) is 0 Å². The van der Waals surface area contributed by atoms with Gasteiger partial charge in [0.15, 0.2) is 0 Å². The average molecular weight is 433 g/mol. The van der Waals surface area contributed by atoms with Crippen molar-refractivity contribution in [3.8, 4) is 0 Å². The summed E-state index contributed by atoms with van der Waals surface area (Å²) in [6.45, 7) is 1.90. The lowest BCUT2D eigenvalue weighted by Crippen LogP contribution is -2.26. The number of hydrazone groups is 1. The molecule has 4 heteroatoms. The summed E-state index contributed by atoms with van der Waals surface area (Å²) < 4.78 is 0.986. The molecule has 3 aromatic rings. The Morgan fingerprint density at radius 2 is 1.57 bits per heavy atom. The van der Waals surface area contributed by atoms with Gasteiger partial charge in [-0.25, -0.2) is 5.43 Å². The molecule has 1 saturated carbocycles. The standard InChI is InChI=1S/C24H21BrN2O/c1-17(18-9-8-14-21(25)15-18)26-27-23(28)22-16-24(22,19-10-4-2-5-11-19)20-12-6-3-7-13-20/h2-15,22H,16H2,1H3,(H,27,28). The van der Waals surface area contributed by atoms with Crippen molar-refractivity contribution in [1.29, 1.82) is 0 Å². The topological polar surface area (TPSA) is 41.5 Å². The van der Waals surface area contributed by atoms with Gasteiger partial charge in [-0.3, -0.25) is 4.79 Å². The number of halogens is 1. The van der Waals surface area contributed by atoms with Gasteiger partial charge in [-0.05, 0) is 42.2 Å². The lowest BCUT2D eigenvalue weighted by molar-refractivity contribution is -0.122. The summed E-state index contributed by atoms with van der Waals surface area (Å²) in [5.74, 6) is -0.168. The predicted molar refractivity (Wildman–Crippen MR) is 116 cm³/mol. The van der Waals surface area contributed by atoms with Crippen LogP contribution < -0.4 is 5.43 Å². The van der Waals surface area contributed by atoms with E-state index in [-0.39, 0.29) is 17.2 Å². The fourth-order valence-electron chi connectivity index (χ4n) is 3.85. The van der Waals surface area contributed by atoms with Crippen LogP contribution in [-0.2, 0) is 10.2 Å². The highest BCUT2D eigenvalue weighted by molar-refractivity contribution is 9.10. The van der Waals surface area contributed by atoms with Gasteiger partial charge in [0.25, 0.3) is 0 Å². The Bertz CT molecular complexity index is 976. The maximum Gasteiger partial charge on any atom is 0.244 e. The second-order valence-electron chi connectivity index (χ2n) is 7.14. The van der Waals surface area contributed by atoms with Crippen LogP contribution in [-0.4, -0.2) is 11.6 Å². The number of rotatable bonds is 5. The molecule has 1 aliphatic rings. The molecule has 0 heterocycles. The smallest absolute Gasteiger partial charge is 0.244 e. The first-order valence-corrected chi connectivity index (χ1v) is 10.1. The Morgan fingerprint density at radius 1 is 0.964 bits per heavy atom. The number of hydrogen-bond donors (Lipinski definition) is 1. The zero-order valence-electron chi connectivity index (χ0n) is 15.6. The minimum Gasteiger partial charge on any atom is -0.273 e. The maximum atomic E-state index is 12.9. The third kappa shape index (κ3) is 3.52. The first-order chi connectivity index (χ1) is 13.6. The van der Waals surface area contributed by atoms with E-state index in [1.165, 1.54) is 11.1 Å². The Balaban J connectivity index is 1.57. The quantitative estimate of drug-likeness (QED) is 0.431. The van der Waals surface area contributed by atoms with E-state index in [1.54, 1.807) is 0 Å². The molecule has 0 bridgehead atoms. The summed E-state index contributed by atoms with van der Waals surface area (Å²) in [5.41, 5.74) is 6.62. The summed E-state index contributed by atoms with van der Waals surface area (Å²) in [4.78, 5) is 12.9. The lowest BCUT2D eigenvalue weighted by Gasteiger charge is -2.18. The number of hydrogen-bond acceptors (Lipinski definition) is 2. The number of carbonyl (C=O) groups is 1. The van der Waals surface area contributed by atoms with Crippen LogP contribution in [0.15, 0.2) is 94.5 Å². The van der Waals surface area contributed by atoms with Gasteiger partial charge >= 0.3 is 0 Å². The third-order valence-corrected chi connectivity index (χ3v) is 5.92. The van der Waals surface area contributed by atoms with Crippen LogP contribution in [0.25, 0.3) is 0 Å². The van der Waals surface area contributed by atoms with Gasteiger partial charge in [-0.2, -0.15) is 5.10 Å². The molecule has 1 unspecified atom stereocenters. The van der Waals surface area contributed by atoms with Crippen molar-refractivity contribution in [2.45, 2.75) is 18.8 Å². The van der Waals surface area contributed by atoms with Crippen molar-refractivity contribution < 1.29 is 4.79 Å². The molecule has 1 aliphatic carbocycles. The number of benzene rings is 3. The van der Waals surface area contributed by atoms with Crippen molar-refractivity contribution in [3.05, 3.63) is 106 Å². The highest BCUT2D eigenvalue weighted by Crippen LogP contribution is 2.58. The second kappa shape index (κ2) is 7.72. The Morgan fingerprint density at radius 3 is 2.14 bits per heavy atom. The molecule has 3 nitrogen and oxygen atoms in total. The van der Waals surface area contributed by atoms with E-state index in [9.17, 15) is 4.79 Å². The Hall–Kier alpha value is -2.72. The summed E-state index contributed by atoms with van der Waals surface area (Å²) >= 11 is 3.47. The average Bonchev–Trinajstić information content (AvgIpc) is 3.50. The van der Waals surface area contributed by atoms with E-state index in [0.29, 0.717) is 0 Å². The first kappa shape index (κ1) is 18.6. The highest BCUT2D eigenvalue weighted by atomic mass is 79.9. The molecule has 140 valence electrons. The zero-order chi connectivity index (χ0) is 19.6. The molecule has 0 aliphatic heterocycles. The largest absolute Gasteiger partial charge is 0.273 e. The van der Waals surface area contributed by atoms with E-state index >= 15 is 0 Å². The molecule has 0 saturated heterocycles. The monoisotopic (exact) mass is 432 g/mol. The number of carbonyl (C=O) groups excluding carboxylic acids is 1. The van der Waals surface area contributed by atoms with Crippen LogP contribution in [0.2, 0.25) is 0 Å². The molecule has 1 fully saturated rings. The molecule has 0 radical (unpaired) electrons. The van der Waals surface area contributed by atoms with Crippen LogP contribution in [0.4, 0.5) is 0 Å². The van der Waals surface area contributed by atoms with Crippen molar-refractivity contribution in [2.75, 3.05) is 0 Å². The predicted octanol–water partition coefficient (Wildman–Crippen LogP) is 5.30. The van der Waals surface area contributed by atoms with Crippen molar-refractivity contribution in [1.82, 2.24) is 5.43 Å². The minimum absolute atomic E-state index is 0.0398. The first-order valence-electron chi connectivity index (χ1n) is 9.32. The lowest BCUT2D eigenvalue weighted by atomic mass is 9.85. The third-order valence-electron chi connectivity index (χ3n) is 5.43. The Kier molecular flexibility index (Phi) is 5.14. The molecular weight excluding hydrogens is 412 g/mol. The van der Waals surface area contributed by atoms with Gasteiger partial charge in [0.05, 0.1) is 11.6 Å². The van der Waals surface area contributed by atoms with E-state index in [4.69, 9.17) is 0 Å². The fraction of sp³-hybridized carbons (Fsp3) is 0.167. The molecule has 28 heavy (non-hydrogen) atoms. The molecule has 0 spiro atoms. The molecular formula is C24H21BrN2O. The zero-order valence-corrected chi connectivity index (χ0v) is 17.2. The van der Waals surface area contributed by atoms with Crippen LogP contribution >= 0.6 is 15.9 Å². The Labute approximate surface area is 173 Å². The SMILES string of the molecule is CC(=NNC(=O)C1CC1(c1ccccc1)c1ccccc1)c1cccc(Br)c1.